The molecule has 1 aromatic carbocycles. The van der Waals surface area contributed by atoms with E-state index in [0.717, 1.165) is 6.54 Å². The van der Waals surface area contributed by atoms with Gasteiger partial charge < -0.3 is 5.32 Å². The molecular formula is C14H17NS2. The third-order valence-corrected chi connectivity index (χ3v) is 5.53. The van der Waals surface area contributed by atoms with Crippen LogP contribution in [0.3, 0.4) is 0 Å². The van der Waals surface area contributed by atoms with E-state index >= 15 is 0 Å². The fourth-order valence-corrected chi connectivity index (χ4v) is 4.39. The first-order chi connectivity index (χ1) is 8.43. The molecule has 2 heterocycles. The van der Waals surface area contributed by atoms with Gasteiger partial charge in [0, 0.05) is 23.0 Å². The Kier molecular flexibility index (Phi) is 3.69. The molecule has 1 atom stereocenters. The van der Waals surface area contributed by atoms with Crippen LogP contribution in [0.1, 0.15) is 18.4 Å². The topological polar surface area (TPSA) is 12.0 Å². The van der Waals surface area contributed by atoms with Gasteiger partial charge in [0.1, 0.15) is 0 Å². The second-order valence-electron chi connectivity index (χ2n) is 4.55. The van der Waals surface area contributed by atoms with Gasteiger partial charge in [0.2, 0.25) is 0 Å². The lowest BCUT2D eigenvalue weighted by molar-refractivity contribution is 0.509. The molecule has 3 rings (SSSR count). The van der Waals surface area contributed by atoms with Gasteiger partial charge in [-0.05, 0) is 41.0 Å². The number of fused-ring (bicyclic) bond motifs is 1. The largest absolute Gasteiger partial charge is 0.309 e. The third kappa shape index (κ3) is 2.67. The van der Waals surface area contributed by atoms with Gasteiger partial charge in [0.15, 0.2) is 0 Å². The fraction of sp³-hybridized carbons (Fsp3) is 0.429. The van der Waals surface area contributed by atoms with Crippen LogP contribution < -0.4 is 5.32 Å². The van der Waals surface area contributed by atoms with Gasteiger partial charge in [-0.2, -0.15) is 11.8 Å². The van der Waals surface area contributed by atoms with Gasteiger partial charge in [0.05, 0.1) is 0 Å². The van der Waals surface area contributed by atoms with Crippen LogP contribution >= 0.6 is 23.1 Å². The molecule has 1 aromatic heterocycles. The monoisotopic (exact) mass is 263 g/mol. The Hall–Kier alpha value is -0.510. The highest BCUT2D eigenvalue weighted by atomic mass is 32.2. The molecule has 17 heavy (non-hydrogen) atoms. The van der Waals surface area contributed by atoms with E-state index in [1.54, 1.807) is 0 Å². The molecule has 3 heteroatoms. The second kappa shape index (κ2) is 5.42. The first-order valence-electron chi connectivity index (χ1n) is 6.20. The van der Waals surface area contributed by atoms with Crippen LogP contribution in [-0.2, 0) is 6.54 Å². The molecule has 0 saturated carbocycles. The molecule has 1 aliphatic heterocycles. The van der Waals surface area contributed by atoms with Gasteiger partial charge >= 0.3 is 0 Å². The molecule has 1 aliphatic rings. The number of hydrogen-bond donors (Lipinski definition) is 1. The summed E-state index contributed by atoms with van der Waals surface area (Å²) in [6.45, 7) is 1.02. The average molecular weight is 263 g/mol. The van der Waals surface area contributed by atoms with Crippen molar-refractivity contribution < 1.29 is 0 Å². The van der Waals surface area contributed by atoms with Crippen LogP contribution in [0, 0.1) is 0 Å². The van der Waals surface area contributed by atoms with E-state index < -0.39 is 0 Å². The zero-order valence-corrected chi connectivity index (χ0v) is 11.4. The minimum Gasteiger partial charge on any atom is -0.309 e. The molecule has 0 spiro atoms. The summed E-state index contributed by atoms with van der Waals surface area (Å²) in [5.74, 6) is 2.63. The molecule has 0 aliphatic carbocycles. The van der Waals surface area contributed by atoms with Gasteiger partial charge in [-0.1, -0.05) is 18.2 Å². The van der Waals surface area contributed by atoms with Crippen LogP contribution in [0.25, 0.3) is 10.1 Å². The number of benzene rings is 1. The van der Waals surface area contributed by atoms with Crippen molar-refractivity contribution in [3.05, 3.63) is 35.2 Å². The number of nitrogens with one attached hydrogen (secondary N) is 1. The minimum atomic E-state index is 0.715. The molecule has 1 fully saturated rings. The Morgan fingerprint density at radius 3 is 3.12 bits per heavy atom. The highest BCUT2D eigenvalue weighted by molar-refractivity contribution is 7.99. The van der Waals surface area contributed by atoms with Crippen LogP contribution in [0.5, 0.6) is 0 Å². The van der Waals surface area contributed by atoms with Crippen molar-refractivity contribution in [2.24, 2.45) is 0 Å². The maximum Gasteiger partial charge on any atom is 0.0346 e. The van der Waals surface area contributed by atoms with Crippen LogP contribution in [0.15, 0.2) is 29.6 Å². The molecule has 90 valence electrons. The Morgan fingerprint density at radius 2 is 2.24 bits per heavy atom. The Labute approximate surface area is 111 Å². The standard InChI is InChI=1S/C14H17NS2/c1-2-6-14-13(5-1)11(9-17-14)8-15-12-4-3-7-16-10-12/h1-2,5-6,9,12,15H,3-4,7-8,10H2. The molecular weight excluding hydrogens is 246 g/mol. The van der Waals surface area contributed by atoms with E-state index in [2.05, 4.69) is 46.7 Å². The van der Waals surface area contributed by atoms with Crippen LogP contribution in [0.2, 0.25) is 0 Å². The van der Waals surface area contributed by atoms with E-state index in [0.29, 0.717) is 6.04 Å². The second-order valence-corrected chi connectivity index (χ2v) is 6.61. The Morgan fingerprint density at radius 1 is 1.29 bits per heavy atom. The number of hydrogen-bond acceptors (Lipinski definition) is 3. The fourth-order valence-electron chi connectivity index (χ4n) is 2.33. The summed E-state index contributed by atoms with van der Waals surface area (Å²) in [5, 5.41) is 7.43. The molecule has 1 nitrogen and oxygen atoms in total. The number of thioether (sulfide) groups is 1. The van der Waals surface area contributed by atoms with Crippen molar-refractivity contribution in [1.29, 1.82) is 0 Å². The summed E-state index contributed by atoms with van der Waals surface area (Å²) in [6.07, 6.45) is 2.71. The molecule has 0 radical (unpaired) electrons. The lowest BCUT2D eigenvalue weighted by atomic mass is 10.1. The molecule has 2 aromatic rings. The summed E-state index contributed by atoms with van der Waals surface area (Å²) in [7, 11) is 0. The summed E-state index contributed by atoms with van der Waals surface area (Å²) in [4.78, 5) is 0. The molecule has 1 unspecified atom stereocenters. The van der Waals surface area contributed by atoms with Crippen LogP contribution in [0.4, 0.5) is 0 Å². The predicted octanol–water partition coefficient (Wildman–Crippen LogP) is 3.89. The molecule has 1 saturated heterocycles. The maximum absolute atomic E-state index is 3.70. The van der Waals surface area contributed by atoms with Gasteiger partial charge in [0.25, 0.3) is 0 Å². The molecule has 1 N–H and O–H groups in total. The van der Waals surface area contributed by atoms with E-state index in [1.807, 2.05) is 11.3 Å². The lowest BCUT2D eigenvalue weighted by Crippen LogP contribution is -2.33. The summed E-state index contributed by atoms with van der Waals surface area (Å²) in [6, 6.07) is 9.41. The highest BCUT2D eigenvalue weighted by Crippen LogP contribution is 2.26. The van der Waals surface area contributed by atoms with E-state index in [4.69, 9.17) is 0 Å². The zero-order chi connectivity index (χ0) is 11.5. The summed E-state index contributed by atoms with van der Waals surface area (Å²) in [5.41, 5.74) is 1.46. The van der Waals surface area contributed by atoms with E-state index in [9.17, 15) is 0 Å². The van der Waals surface area contributed by atoms with Crippen molar-refractivity contribution in [3.8, 4) is 0 Å². The number of rotatable bonds is 3. The normalized spacial score (nSPS) is 20.8. The SMILES string of the molecule is c1ccc2c(CNC3CCCSC3)csc2c1. The predicted molar refractivity (Wildman–Crippen MR) is 79.0 cm³/mol. The van der Waals surface area contributed by atoms with Crippen molar-refractivity contribution in [2.75, 3.05) is 11.5 Å². The van der Waals surface area contributed by atoms with E-state index in [1.165, 1.54) is 40.0 Å². The van der Waals surface area contributed by atoms with Crippen molar-refractivity contribution in [1.82, 2.24) is 5.32 Å². The Balaban J connectivity index is 1.68. The summed E-state index contributed by atoms with van der Waals surface area (Å²) >= 11 is 3.94. The minimum absolute atomic E-state index is 0.715. The molecule has 0 amide bonds. The van der Waals surface area contributed by atoms with Crippen molar-refractivity contribution >= 4 is 33.2 Å². The van der Waals surface area contributed by atoms with Gasteiger partial charge in [-0.25, -0.2) is 0 Å². The average Bonchev–Trinajstić information content (AvgIpc) is 2.81. The maximum atomic E-state index is 3.70. The zero-order valence-electron chi connectivity index (χ0n) is 9.82. The van der Waals surface area contributed by atoms with Crippen LogP contribution in [-0.4, -0.2) is 17.5 Å². The third-order valence-electron chi connectivity index (χ3n) is 3.30. The first kappa shape index (κ1) is 11.6. The van der Waals surface area contributed by atoms with Gasteiger partial charge in [-0.3, -0.25) is 0 Å². The van der Waals surface area contributed by atoms with E-state index in [-0.39, 0.29) is 0 Å². The highest BCUT2D eigenvalue weighted by Gasteiger charge is 2.13. The Bertz CT molecular complexity index is 486. The number of thiophene rings is 1. The molecule has 0 bridgehead atoms. The quantitative estimate of drug-likeness (QED) is 0.901. The van der Waals surface area contributed by atoms with Gasteiger partial charge in [-0.15, -0.1) is 11.3 Å². The summed E-state index contributed by atoms with van der Waals surface area (Å²) < 4.78 is 1.40. The van der Waals surface area contributed by atoms with Crippen molar-refractivity contribution in [3.63, 3.8) is 0 Å². The smallest absolute Gasteiger partial charge is 0.0346 e. The van der Waals surface area contributed by atoms with Crippen molar-refractivity contribution in [2.45, 2.75) is 25.4 Å². The first-order valence-corrected chi connectivity index (χ1v) is 8.23. The lowest BCUT2D eigenvalue weighted by Gasteiger charge is -2.22.